The summed E-state index contributed by atoms with van der Waals surface area (Å²) in [5, 5.41) is 9.86. The highest BCUT2D eigenvalue weighted by Crippen LogP contribution is 2.47. The molecule has 2 nitrogen and oxygen atoms in total. The van der Waals surface area contributed by atoms with Crippen LogP contribution in [-0.4, -0.2) is 4.98 Å². The number of pyridine rings is 1. The van der Waals surface area contributed by atoms with Gasteiger partial charge in [0, 0.05) is 17.6 Å². The van der Waals surface area contributed by atoms with Crippen molar-refractivity contribution in [1.82, 2.24) is 4.98 Å². The summed E-state index contributed by atoms with van der Waals surface area (Å²) in [6, 6.07) is 62.0. The largest absolute Gasteiger partial charge is 0.295 e. The van der Waals surface area contributed by atoms with E-state index in [2.05, 4.69) is 189 Å². The van der Waals surface area contributed by atoms with Gasteiger partial charge in [-0.1, -0.05) is 142 Å². The summed E-state index contributed by atoms with van der Waals surface area (Å²) >= 11 is 0. The molecular formula is C49H38N2. The molecule has 0 fully saturated rings. The molecule has 8 aromatic carbocycles. The van der Waals surface area contributed by atoms with Gasteiger partial charge in [0.15, 0.2) is 0 Å². The molecule has 0 unspecified atom stereocenters. The minimum atomic E-state index is 0.0618. The Morgan fingerprint density at radius 2 is 0.922 bits per heavy atom. The second-order valence-electron chi connectivity index (χ2n) is 14.5. The standard InChI is InChI=1S/C49H38N2/c1-49(2,3)39-23-25-40(26-24-39)51(46-18-10-11-29-50-46)41-27-28-44-45(32-41)48(38-22-20-34-13-5-7-15-36(34)31-38)43-17-9-8-16-42(43)47(44)37-21-19-33-12-4-6-14-35(33)30-37/h4-32H,1-3H3. The van der Waals surface area contributed by atoms with Gasteiger partial charge < -0.3 is 0 Å². The van der Waals surface area contributed by atoms with Crippen molar-refractivity contribution in [2.75, 3.05) is 4.90 Å². The molecule has 0 saturated heterocycles. The molecule has 0 aliphatic heterocycles. The molecule has 2 heteroatoms. The van der Waals surface area contributed by atoms with E-state index in [9.17, 15) is 0 Å². The molecule has 9 rings (SSSR count). The molecule has 244 valence electrons. The SMILES string of the molecule is CC(C)(C)c1ccc(N(c2ccc3c(-c4ccc5ccccc5c4)c4ccccc4c(-c4ccc5ccccc5c4)c3c2)c2ccccn2)cc1. The molecular weight excluding hydrogens is 617 g/mol. The lowest BCUT2D eigenvalue weighted by molar-refractivity contribution is 0.590. The van der Waals surface area contributed by atoms with Crippen LogP contribution >= 0.6 is 0 Å². The molecule has 0 atom stereocenters. The van der Waals surface area contributed by atoms with E-state index < -0.39 is 0 Å². The summed E-state index contributed by atoms with van der Waals surface area (Å²) in [6.45, 7) is 6.77. The average molecular weight is 655 g/mol. The summed E-state index contributed by atoms with van der Waals surface area (Å²) < 4.78 is 0. The first-order valence-corrected chi connectivity index (χ1v) is 17.7. The molecule has 0 bridgehead atoms. The minimum Gasteiger partial charge on any atom is -0.295 e. The summed E-state index contributed by atoms with van der Waals surface area (Å²) in [4.78, 5) is 7.15. The Labute approximate surface area is 299 Å². The van der Waals surface area contributed by atoms with Crippen LogP contribution in [0.15, 0.2) is 176 Å². The van der Waals surface area contributed by atoms with Gasteiger partial charge in [-0.15, -0.1) is 0 Å². The van der Waals surface area contributed by atoms with Crippen LogP contribution in [0.3, 0.4) is 0 Å². The molecule has 51 heavy (non-hydrogen) atoms. The lowest BCUT2D eigenvalue weighted by Gasteiger charge is -2.27. The van der Waals surface area contributed by atoms with Crippen molar-refractivity contribution >= 4 is 60.3 Å². The molecule has 0 aliphatic carbocycles. The highest BCUT2D eigenvalue weighted by molar-refractivity contribution is 6.22. The number of hydrogen-bond acceptors (Lipinski definition) is 2. The lowest BCUT2D eigenvalue weighted by atomic mass is 9.85. The molecule has 1 aromatic heterocycles. The fourth-order valence-corrected chi connectivity index (χ4v) is 7.63. The topological polar surface area (TPSA) is 16.1 Å². The predicted octanol–water partition coefficient (Wildman–Crippen LogP) is 13.8. The zero-order chi connectivity index (χ0) is 34.5. The zero-order valence-electron chi connectivity index (χ0n) is 29.1. The van der Waals surface area contributed by atoms with Crippen LogP contribution < -0.4 is 4.90 Å². The van der Waals surface area contributed by atoms with Crippen LogP contribution in [-0.2, 0) is 5.41 Å². The number of fused-ring (bicyclic) bond motifs is 4. The second kappa shape index (κ2) is 12.3. The Hall–Kier alpha value is -6.25. The van der Waals surface area contributed by atoms with Gasteiger partial charge in [0.25, 0.3) is 0 Å². The van der Waals surface area contributed by atoms with Crippen molar-refractivity contribution in [3.63, 3.8) is 0 Å². The van der Waals surface area contributed by atoms with Crippen molar-refractivity contribution < 1.29 is 0 Å². The maximum atomic E-state index is 4.87. The van der Waals surface area contributed by atoms with E-state index in [1.807, 2.05) is 12.3 Å². The van der Waals surface area contributed by atoms with E-state index in [0.717, 1.165) is 17.2 Å². The smallest absolute Gasteiger partial charge is 0.137 e. The Morgan fingerprint density at radius 3 is 1.49 bits per heavy atom. The third-order valence-corrected chi connectivity index (χ3v) is 10.2. The number of rotatable bonds is 5. The Kier molecular flexibility index (Phi) is 7.40. The van der Waals surface area contributed by atoms with Gasteiger partial charge in [0.2, 0.25) is 0 Å². The third-order valence-electron chi connectivity index (χ3n) is 10.2. The summed E-state index contributed by atoms with van der Waals surface area (Å²) in [5.41, 5.74) is 8.41. The van der Waals surface area contributed by atoms with Crippen molar-refractivity contribution in [1.29, 1.82) is 0 Å². The highest BCUT2D eigenvalue weighted by Gasteiger charge is 2.21. The minimum absolute atomic E-state index is 0.0618. The molecule has 0 N–H and O–H groups in total. The Balaban J connectivity index is 1.36. The predicted molar refractivity (Wildman–Crippen MR) is 219 cm³/mol. The fourth-order valence-electron chi connectivity index (χ4n) is 7.63. The van der Waals surface area contributed by atoms with Gasteiger partial charge in [-0.05, 0) is 125 Å². The molecule has 9 aromatic rings. The van der Waals surface area contributed by atoms with Crippen LogP contribution in [0.5, 0.6) is 0 Å². The average Bonchev–Trinajstić information content (AvgIpc) is 3.17. The van der Waals surface area contributed by atoms with Crippen molar-refractivity contribution in [3.05, 3.63) is 182 Å². The zero-order valence-corrected chi connectivity index (χ0v) is 29.1. The normalized spacial score (nSPS) is 11.8. The maximum absolute atomic E-state index is 4.87. The molecule has 1 heterocycles. The van der Waals surface area contributed by atoms with Crippen LogP contribution in [0.4, 0.5) is 17.2 Å². The van der Waals surface area contributed by atoms with Gasteiger partial charge in [0.05, 0.1) is 0 Å². The third kappa shape index (κ3) is 5.50. The Morgan fingerprint density at radius 1 is 0.412 bits per heavy atom. The quantitative estimate of drug-likeness (QED) is 0.172. The van der Waals surface area contributed by atoms with E-state index in [1.165, 1.54) is 70.9 Å². The second-order valence-corrected chi connectivity index (χ2v) is 14.5. The number of aromatic nitrogens is 1. The molecule has 0 radical (unpaired) electrons. The van der Waals surface area contributed by atoms with Gasteiger partial charge >= 0.3 is 0 Å². The van der Waals surface area contributed by atoms with Crippen molar-refractivity contribution in [2.45, 2.75) is 26.2 Å². The lowest BCUT2D eigenvalue weighted by Crippen LogP contribution is -2.14. The van der Waals surface area contributed by atoms with E-state index in [4.69, 9.17) is 4.98 Å². The first kappa shape index (κ1) is 30.8. The number of anilines is 3. The number of nitrogens with zero attached hydrogens (tertiary/aromatic N) is 2. The van der Waals surface area contributed by atoms with Crippen molar-refractivity contribution in [3.8, 4) is 22.3 Å². The van der Waals surface area contributed by atoms with Gasteiger partial charge in [-0.2, -0.15) is 0 Å². The molecule has 0 amide bonds. The van der Waals surface area contributed by atoms with Gasteiger partial charge in [-0.25, -0.2) is 4.98 Å². The summed E-state index contributed by atoms with van der Waals surface area (Å²) in [5.74, 6) is 0.878. The summed E-state index contributed by atoms with van der Waals surface area (Å²) in [6.07, 6.45) is 1.87. The van der Waals surface area contributed by atoms with Crippen LogP contribution in [0.1, 0.15) is 26.3 Å². The van der Waals surface area contributed by atoms with E-state index in [-0.39, 0.29) is 5.41 Å². The van der Waals surface area contributed by atoms with E-state index >= 15 is 0 Å². The number of hydrogen-bond donors (Lipinski definition) is 0. The monoisotopic (exact) mass is 654 g/mol. The first-order chi connectivity index (χ1) is 24.9. The highest BCUT2D eigenvalue weighted by atomic mass is 15.2. The van der Waals surface area contributed by atoms with E-state index in [1.54, 1.807) is 0 Å². The maximum Gasteiger partial charge on any atom is 0.137 e. The number of benzene rings is 8. The van der Waals surface area contributed by atoms with Gasteiger partial charge in [0.1, 0.15) is 5.82 Å². The van der Waals surface area contributed by atoms with Gasteiger partial charge in [-0.3, -0.25) is 4.90 Å². The first-order valence-electron chi connectivity index (χ1n) is 17.7. The van der Waals surface area contributed by atoms with Crippen LogP contribution in [0, 0.1) is 0 Å². The Bertz CT molecular complexity index is 2720. The molecule has 0 aliphatic rings. The summed E-state index contributed by atoms with van der Waals surface area (Å²) in [7, 11) is 0. The van der Waals surface area contributed by atoms with E-state index in [0.29, 0.717) is 0 Å². The van der Waals surface area contributed by atoms with Crippen LogP contribution in [0.2, 0.25) is 0 Å². The molecule has 0 saturated carbocycles. The van der Waals surface area contributed by atoms with Crippen molar-refractivity contribution in [2.24, 2.45) is 0 Å². The fraction of sp³-hybridized carbons (Fsp3) is 0.0816. The molecule has 0 spiro atoms. The van der Waals surface area contributed by atoms with Crippen LogP contribution in [0.25, 0.3) is 65.3 Å².